The van der Waals surface area contributed by atoms with E-state index in [0.29, 0.717) is 16.7 Å². The van der Waals surface area contributed by atoms with Crippen LogP contribution in [0.3, 0.4) is 0 Å². The summed E-state index contributed by atoms with van der Waals surface area (Å²) in [5.74, 6) is -0.283. The molecule has 29 heavy (non-hydrogen) atoms. The third-order valence-corrected chi connectivity index (χ3v) is 4.36. The van der Waals surface area contributed by atoms with E-state index < -0.39 is 0 Å². The van der Waals surface area contributed by atoms with Gasteiger partial charge in [-0.1, -0.05) is 36.4 Å². The largest absolute Gasteiger partial charge is 0.325 e. The maximum atomic E-state index is 12.5. The molecule has 0 aliphatic heterocycles. The van der Waals surface area contributed by atoms with Gasteiger partial charge in [0.2, 0.25) is 5.91 Å². The molecule has 2 aromatic heterocycles. The maximum absolute atomic E-state index is 12.5. The quantitative estimate of drug-likeness (QED) is 0.572. The van der Waals surface area contributed by atoms with Crippen molar-refractivity contribution in [2.75, 3.05) is 5.32 Å². The molecule has 0 saturated heterocycles. The Bertz CT molecular complexity index is 1250. The van der Waals surface area contributed by atoms with E-state index in [1.165, 1.54) is 10.8 Å². The normalized spacial score (nSPS) is 11.0. The fraction of sp³-hybridized carbons (Fsp3) is 0.0435. The molecule has 0 spiro atoms. The third kappa shape index (κ3) is 4.44. The van der Waals surface area contributed by atoms with E-state index in [0.717, 1.165) is 11.3 Å². The lowest BCUT2D eigenvalue weighted by atomic mass is 10.1. The van der Waals surface area contributed by atoms with Crippen LogP contribution in [0.15, 0.2) is 83.9 Å². The molecule has 0 aliphatic carbocycles. The summed E-state index contributed by atoms with van der Waals surface area (Å²) >= 11 is 0. The van der Waals surface area contributed by atoms with E-state index in [1.54, 1.807) is 18.3 Å². The minimum Gasteiger partial charge on any atom is -0.325 e. The lowest BCUT2D eigenvalue weighted by Crippen LogP contribution is -2.27. The molecule has 0 unspecified atom stereocenters. The summed E-state index contributed by atoms with van der Waals surface area (Å²) < 4.78 is 1.42. The Morgan fingerprint density at radius 2 is 1.83 bits per heavy atom. The molecule has 6 nitrogen and oxygen atoms in total. The second-order valence-corrected chi connectivity index (χ2v) is 6.43. The van der Waals surface area contributed by atoms with Crippen LogP contribution in [0.25, 0.3) is 23.2 Å². The number of amides is 1. The summed E-state index contributed by atoms with van der Waals surface area (Å²) in [6.07, 6.45) is 6.81. The molecule has 0 fully saturated rings. The number of aromatic nitrogens is 3. The maximum Gasteiger partial charge on any atom is 0.269 e. The monoisotopic (exact) mass is 382 g/mol. The fourth-order valence-electron chi connectivity index (χ4n) is 3.00. The molecule has 4 aromatic rings. The molecule has 0 saturated carbocycles. The SMILES string of the molecule is O=C(Cn1c(=O)cnc2ccccc21)Nc1cccc(/C=C/c2ccccn2)c1. The van der Waals surface area contributed by atoms with Crippen molar-refractivity contribution in [3.05, 3.63) is 101 Å². The Kier molecular flexibility index (Phi) is 5.25. The Morgan fingerprint density at radius 3 is 2.69 bits per heavy atom. The predicted octanol–water partition coefficient (Wildman–Crippen LogP) is 3.60. The predicted molar refractivity (Wildman–Crippen MR) is 114 cm³/mol. The smallest absolute Gasteiger partial charge is 0.269 e. The zero-order valence-electron chi connectivity index (χ0n) is 15.5. The minimum atomic E-state index is -0.314. The van der Waals surface area contributed by atoms with Gasteiger partial charge in [-0.3, -0.25) is 19.1 Å². The van der Waals surface area contributed by atoms with Crippen LogP contribution in [-0.2, 0) is 11.3 Å². The first-order valence-electron chi connectivity index (χ1n) is 9.13. The fourth-order valence-corrected chi connectivity index (χ4v) is 3.00. The molecular formula is C23H18N4O2. The summed E-state index contributed by atoms with van der Waals surface area (Å²) in [5, 5.41) is 2.85. The first-order valence-corrected chi connectivity index (χ1v) is 9.13. The number of nitrogens with one attached hydrogen (secondary N) is 1. The highest BCUT2D eigenvalue weighted by Gasteiger charge is 2.09. The molecule has 4 rings (SSSR count). The molecule has 142 valence electrons. The van der Waals surface area contributed by atoms with Crippen LogP contribution in [0.5, 0.6) is 0 Å². The summed E-state index contributed by atoms with van der Waals surface area (Å²) in [7, 11) is 0. The van der Waals surface area contributed by atoms with Gasteiger partial charge in [0.25, 0.3) is 5.56 Å². The van der Waals surface area contributed by atoms with Gasteiger partial charge in [-0.2, -0.15) is 0 Å². The van der Waals surface area contributed by atoms with Gasteiger partial charge in [0.15, 0.2) is 0 Å². The number of carbonyl (C=O) groups is 1. The number of rotatable bonds is 5. The summed E-state index contributed by atoms with van der Waals surface area (Å²) in [5.41, 5.74) is 3.42. The van der Waals surface area contributed by atoms with Crippen LogP contribution in [0.1, 0.15) is 11.3 Å². The van der Waals surface area contributed by atoms with Crippen molar-refractivity contribution >= 4 is 34.8 Å². The number of fused-ring (bicyclic) bond motifs is 1. The number of hydrogen-bond acceptors (Lipinski definition) is 4. The van der Waals surface area contributed by atoms with Gasteiger partial charge in [0.05, 0.1) is 22.9 Å². The Labute approximate surface area is 167 Å². The van der Waals surface area contributed by atoms with E-state index in [2.05, 4.69) is 15.3 Å². The van der Waals surface area contributed by atoms with E-state index in [1.807, 2.05) is 66.7 Å². The summed E-state index contributed by atoms with van der Waals surface area (Å²) in [6, 6.07) is 20.4. The average molecular weight is 382 g/mol. The van der Waals surface area contributed by atoms with Crippen molar-refractivity contribution in [2.24, 2.45) is 0 Å². The van der Waals surface area contributed by atoms with Crippen LogP contribution in [-0.4, -0.2) is 20.4 Å². The van der Waals surface area contributed by atoms with Crippen molar-refractivity contribution in [1.29, 1.82) is 0 Å². The Balaban J connectivity index is 1.50. The lowest BCUT2D eigenvalue weighted by Gasteiger charge is -2.10. The van der Waals surface area contributed by atoms with Gasteiger partial charge in [0, 0.05) is 11.9 Å². The zero-order valence-corrected chi connectivity index (χ0v) is 15.5. The Hall–Kier alpha value is -4.06. The van der Waals surface area contributed by atoms with Crippen molar-refractivity contribution in [2.45, 2.75) is 6.54 Å². The minimum absolute atomic E-state index is 0.0874. The number of hydrogen-bond donors (Lipinski definition) is 1. The molecule has 1 N–H and O–H groups in total. The van der Waals surface area contributed by atoms with Crippen molar-refractivity contribution < 1.29 is 4.79 Å². The highest BCUT2D eigenvalue weighted by Crippen LogP contribution is 2.14. The number of pyridine rings is 1. The topological polar surface area (TPSA) is 76.9 Å². The van der Waals surface area contributed by atoms with Gasteiger partial charge >= 0.3 is 0 Å². The molecule has 0 bridgehead atoms. The third-order valence-electron chi connectivity index (χ3n) is 4.36. The van der Waals surface area contributed by atoms with Crippen molar-refractivity contribution in [3.63, 3.8) is 0 Å². The molecule has 0 aliphatic rings. The molecule has 2 heterocycles. The summed E-state index contributed by atoms with van der Waals surface area (Å²) in [4.78, 5) is 33.1. The molecule has 0 radical (unpaired) electrons. The van der Waals surface area contributed by atoms with Gasteiger partial charge in [-0.25, -0.2) is 4.98 Å². The van der Waals surface area contributed by atoms with Gasteiger partial charge in [-0.15, -0.1) is 0 Å². The molecule has 0 atom stereocenters. The van der Waals surface area contributed by atoms with E-state index in [9.17, 15) is 9.59 Å². The lowest BCUT2D eigenvalue weighted by molar-refractivity contribution is -0.116. The number of nitrogens with zero attached hydrogens (tertiary/aromatic N) is 3. The number of anilines is 1. The molecular weight excluding hydrogens is 364 g/mol. The van der Waals surface area contributed by atoms with Crippen LogP contribution < -0.4 is 10.9 Å². The standard InChI is InChI=1S/C23H18N4O2/c28-22(16-27-21-10-2-1-9-20(21)25-15-23(27)29)26-19-8-5-6-17(14-19)11-12-18-7-3-4-13-24-18/h1-15H,16H2,(H,26,28)/b12-11+. The van der Waals surface area contributed by atoms with E-state index in [-0.39, 0.29) is 18.0 Å². The molecule has 2 aromatic carbocycles. The van der Waals surface area contributed by atoms with Crippen molar-refractivity contribution in [3.8, 4) is 0 Å². The Morgan fingerprint density at radius 1 is 0.966 bits per heavy atom. The second kappa shape index (κ2) is 8.31. The zero-order chi connectivity index (χ0) is 20.1. The van der Waals surface area contributed by atoms with Gasteiger partial charge in [0.1, 0.15) is 6.54 Å². The van der Waals surface area contributed by atoms with Gasteiger partial charge in [-0.05, 0) is 48.0 Å². The van der Waals surface area contributed by atoms with Crippen LogP contribution in [0, 0.1) is 0 Å². The average Bonchev–Trinajstić information content (AvgIpc) is 2.75. The van der Waals surface area contributed by atoms with Crippen LogP contribution in [0.2, 0.25) is 0 Å². The number of benzene rings is 2. The highest BCUT2D eigenvalue weighted by molar-refractivity contribution is 5.92. The summed E-state index contributed by atoms with van der Waals surface area (Å²) in [6.45, 7) is -0.0874. The van der Waals surface area contributed by atoms with Crippen molar-refractivity contribution in [1.82, 2.24) is 14.5 Å². The van der Waals surface area contributed by atoms with Crippen LogP contribution >= 0.6 is 0 Å². The number of para-hydroxylation sites is 2. The molecule has 1 amide bonds. The second-order valence-electron chi connectivity index (χ2n) is 6.43. The molecule has 6 heteroatoms. The highest BCUT2D eigenvalue weighted by atomic mass is 16.2. The first-order chi connectivity index (χ1) is 14.2. The van der Waals surface area contributed by atoms with E-state index in [4.69, 9.17) is 0 Å². The van der Waals surface area contributed by atoms with Gasteiger partial charge < -0.3 is 5.32 Å². The van der Waals surface area contributed by atoms with Crippen LogP contribution in [0.4, 0.5) is 5.69 Å². The number of carbonyl (C=O) groups excluding carboxylic acids is 1. The van der Waals surface area contributed by atoms with E-state index >= 15 is 0 Å². The first kappa shape index (κ1) is 18.3.